The maximum atomic E-state index is 13.2. The van der Waals surface area contributed by atoms with Gasteiger partial charge in [0.15, 0.2) is 5.82 Å². The molecule has 1 atom stereocenters. The molecule has 3 N–H and O–H groups in total. The minimum atomic E-state index is -0.551. The van der Waals surface area contributed by atoms with E-state index in [0.29, 0.717) is 0 Å². The molecule has 0 bridgehead atoms. The van der Waals surface area contributed by atoms with Crippen molar-refractivity contribution in [3.63, 3.8) is 0 Å². The monoisotopic (exact) mass is 239 g/mol. The first-order chi connectivity index (χ1) is 7.80. The van der Waals surface area contributed by atoms with Crippen molar-refractivity contribution in [2.45, 2.75) is 33.2 Å². The van der Waals surface area contributed by atoms with E-state index in [1.165, 1.54) is 12.3 Å². The fraction of sp³-hybridized carbons (Fsp3) is 0.500. The van der Waals surface area contributed by atoms with Crippen molar-refractivity contribution in [1.82, 2.24) is 4.98 Å². The second-order valence-electron chi connectivity index (χ2n) is 5.08. The van der Waals surface area contributed by atoms with Crippen molar-refractivity contribution >= 4 is 11.6 Å². The molecule has 17 heavy (non-hydrogen) atoms. The molecule has 0 spiro atoms. The fourth-order valence-corrected chi connectivity index (χ4v) is 1.18. The summed E-state index contributed by atoms with van der Waals surface area (Å²) in [7, 11) is 0. The van der Waals surface area contributed by atoms with Crippen molar-refractivity contribution in [3.05, 3.63) is 24.3 Å². The van der Waals surface area contributed by atoms with E-state index in [-0.39, 0.29) is 29.5 Å². The van der Waals surface area contributed by atoms with Crippen molar-refractivity contribution < 1.29 is 9.18 Å². The molecular weight excluding hydrogens is 221 g/mol. The van der Waals surface area contributed by atoms with Gasteiger partial charge in [-0.15, -0.1) is 0 Å². The first-order valence-electron chi connectivity index (χ1n) is 5.45. The van der Waals surface area contributed by atoms with E-state index >= 15 is 0 Å². The lowest BCUT2D eigenvalue weighted by Crippen LogP contribution is -2.38. The van der Waals surface area contributed by atoms with Crippen molar-refractivity contribution in [2.24, 2.45) is 11.1 Å². The first-order valence-corrected chi connectivity index (χ1v) is 5.45. The fourth-order valence-electron chi connectivity index (χ4n) is 1.18. The molecule has 0 radical (unpaired) electrons. The highest BCUT2D eigenvalue weighted by atomic mass is 19.1. The molecule has 1 heterocycles. The van der Waals surface area contributed by atoms with Gasteiger partial charge in [0.25, 0.3) is 0 Å². The average molecular weight is 239 g/mol. The lowest BCUT2D eigenvalue weighted by atomic mass is 9.85. The van der Waals surface area contributed by atoms with Gasteiger partial charge in [0, 0.05) is 18.7 Å². The number of amides is 1. The van der Waals surface area contributed by atoms with Crippen LogP contribution in [0.25, 0.3) is 0 Å². The third-order valence-corrected chi connectivity index (χ3v) is 2.56. The van der Waals surface area contributed by atoms with E-state index in [4.69, 9.17) is 5.73 Å². The van der Waals surface area contributed by atoms with Crippen LogP contribution in [0.4, 0.5) is 10.1 Å². The zero-order chi connectivity index (χ0) is 13.1. The number of carbonyl (C=O) groups excluding carboxylic acids is 1. The molecule has 0 fully saturated rings. The molecule has 0 saturated carbocycles. The van der Waals surface area contributed by atoms with Gasteiger partial charge in [-0.05, 0) is 11.5 Å². The Bertz CT molecular complexity index is 401. The molecule has 0 aliphatic heterocycles. The predicted molar refractivity (Wildman–Crippen MR) is 64.9 cm³/mol. The highest BCUT2D eigenvalue weighted by molar-refractivity contribution is 5.91. The molecule has 4 nitrogen and oxygen atoms in total. The summed E-state index contributed by atoms with van der Waals surface area (Å²) in [6, 6.07) is 1.14. The summed E-state index contributed by atoms with van der Waals surface area (Å²) in [5, 5.41) is 2.48. The molecule has 94 valence electrons. The van der Waals surface area contributed by atoms with Crippen LogP contribution in [-0.2, 0) is 4.79 Å². The molecular formula is C12H18FN3O. The summed E-state index contributed by atoms with van der Waals surface area (Å²) in [4.78, 5) is 15.2. The Morgan fingerprint density at radius 2 is 2.24 bits per heavy atom. The van der Waals surface area contributed by atoms with Gasteiger partial charge in [-0.2, -0.15) is 0 Å². The Balaban J connectivity index is 2.60. The van der Waals surface area contributed by atoms with Gasteiger partial charge in [-0.1, -0.05) is 20.8 Å². The van der Waals surface area contributed by atoms with Gasteiger partial charge in [0.2, 0.25) is 5.91 Å². The number of hydrogen-bond acceptors (Lipinski definition) is 3. The molecule has 1 aromatic heterocycles. The van der Waals surface area contributed by atoms with E-state index in [0.717, 1.165) is 6.20 Å². The van der Waals surface area contributed by atoms with Crippen LogP contribution >= 0.6 is 0 Å². The second-order valence-corrected chi connectivity index (χ2v) is 5.08. The molecule has 1 amide bonds. The van der Waals surface area contributed by atoms with Crippen LogP contribution in [0.5, 0.6) is 0 Å². The maximum absolute atomic E-state index is 13.2. The van der Waals surface area contributed by atoms with Gasteiger partial charge in [0.05, 0.1) is 11.9 Å². The van der Waals surface area contributed by atoms with Gasteiger partial charge in [0.1, 0.15) is 0 Å². The second kappa shape index (κ2) is 5.23. The maximum Gasteiger partial charge on any atom is 0.226 e. The number of anilines is 1. The number of nitrogens with two attached hydrogens (primary N) is 1. The number of carbonyl (C=O) groups is 1. The summed E-state index contributed by atoms with van der Waals surface area (Å²) in [5.74, 6) is -0.845. The van der Waals surface area contributed by atoms with Gasteiger partial charge < -0.3 is 11.1 Å². The van der Waals surface area contributed by atoms with Crippen LogP contribution in [0.2, 0.25) is 0 Å². The molecule has 0 aromatic carbocycles. The predicted octanol–water partition coefficient (Wildman–Crippen LogP) is 1.92. The number of pyridine rings is 1. The molecule has 1 unspecified atom stereocenters. The van der Waals surface area contributed by atoms with Crippen LogP contribution in [-0.4, -0.2) is 16.9 Å². The number of rotatable bonds is 3. The highest BCUT2D eigenvalue weighted by Crippen LogP contribution is 2.20. The number of halogens is 1. The number of aromatic nitrogens is 1. The smallest absolute Gasteiger partial charge is 0.226 e. The molecule has 1 aromatic rings. The van der Waals surface area contributed by atoms with Crippen molar-refractivity contribution in [2.75, 3.05) is 5.32 Å². The molecule has 0 aliphatic carbocycles. The molecule has 1 rings (SSSR count). The van der Waals surface area contributed by atoms with Crippen LogP contribution in [0.1, 0.15) is 27.2 Å². The molecule has 0 saturated heterocycles. The summed E-state index contributed by atoms with van der Waals surface area (Å²) in [6.07, 6.45) is 2.63. The normalized spacial score (nSPS) is 13.2. The third-order valence-electron chi connectivity index (χ3n) is 2.56. The quantitative estimate of drug-likeness (QED) is 0.846. The Hall–Kier alpha value is -1.49. The van der Waals surface area contributed by atoms with Gasteiger partial charge in [-0.25, -0.2) is 4.39 Å². The van der Waals surface area contributed by atoms with E-state index in [1.807, 2.05) is 20.8 Å². The largest absolute Gasteiger partial charge is 0.327 e. The Morgan fingerprint density at radius 1 is 1.59 bits per heavy atom. The van der Waals surface area contributed by atoms with E-state index in [1.54, 1.807) is 0 Å². The number of nitrogens with one attached hydrogen (secondary N) is 1. The topological polar surface area (TPSA) is 68.0 Å². The molecule has 5 heteroatoms. The summed E-state index contributed by atoms with van der Waals surface area (Å²) >= 11 is 0. The average Bonchev–Trinajstić information content (AvgIpc) is 2.20. The van der Waals surface area contributed by atoms with Crippen molar-refractivity contribution in [1.29, 1.82) is 0 Å². The Labute approximate surface area is 100 Å². The summed E-state index contributed by atoms with van der Waals surface area (Å²) < 4.78 is 13.2. The summed E-state index contributed by atoms with van der Waals surface area (Å²) in [6.45, 7) is 5.87. The SMILES string of the molecule is CC(C)(C)C(N)CC(=O)Nc1ccncc1F. The highest BCUT2D eigenvalue weighted by Gasteiger charge is 2.23. The standard InChI is InChI=1S/C12H18FN3O/c1-12(2,3)10(14)6-11(17)16-9-4-5-15-7-8(9)13/h4-5,7,10H,6,14H2,1-3H3,(H,15,16,17). The van der Waals surface area contributed by atoms with Crippen LogP contribution < -0.4 is 11.1 Å². The van der Waals surface area contributed by atoms with Crippen LogP contribution in [0, 0.1) is 11.2 Å². The minimum absolute atomic E-state index is 0.131. The summed E-state index contributed by atoms with van der Waals surface area (Å²) in [5.41, 5.74) is 5.85. The van der Waals surface area contributed by atoms with Gasteiger partial charge in [-0.3, -0.25) is 9.78 Å². The van der Waals surface area contributed by atoms with Gasteiger partial charge >= 0.3 is 0 Å². The van der Waals surface area contributed by atoms with E-state index < -0.39 is 5.82 Å². The zero-order valence-electron chi connectivity index (χ0n) is 10.3. The third kappa shape index (κ3) is 4.11. The lowest BCUT2D eigenvalue weighted by Gasteiger charge is -2.26. The molecule has 0 aliphatic rings. The Kier molecular flexibility index (Phi) is 4.17. The first kappa shape index (κ1) is 13.6. The lowest BCUT2D eigenvalue weighted by molar-refractivity contribution is -0.117. The van der Waals surface area contributed by atoms with Crippen LogP contribution in [0.3, 0.4) is 0 Å². The number of hydrogen-bond donors (Lipinski definition) is 2. The van der Waals surface area contributed by atoms with E-state index in [9.17, 15) is 9.18 Å². The minimum Gasteiger partial charge on any atom is -0.327 e. The van der Waals surface area contributed by atoms with Crippen LogP contribution in [0.15, 0.2) is 18.5 Å². The Morgan fingerprint density at radius 3 is 2.76 bits per heavy atom. The van der Waals surface area contributed by atoms with E-state index in [2.05, 4.69) is 10.3 Å². The van der Waals surface area contributed by atoms with Crippen molar-refractivity contribution in [3.8, 4) is 0 Å². The number of nitrogens with zero attached hydrogens (tertiary/aromatic N) is 1. The zero-order valence-corrected chi connectivity index (χ0v) is 10.3.